The normalized spacial score (nSPS) is 9.82. The van der Waals surface area contributed by atoms with Crippen LogP contribution in [0, 0.1) is 0 Å². The quantitative estimate of drug-likeness (QED) is 0.777. The van der Waals surface area contributed by atoms with E-state index in [0.717, 1.165) is 0 Å². The standard InChI is InChI=1S/C10H11BrClN3O2/c11-7-3-6(1-2-8(7)12)15-10(17)5-14-9(16)4-13/h1-3H,4-5,13H2,(H,14,16)(H,15,17). The molecule has 0 spiro atoms. The summed E-state index contributed by atoms with van der Waals surface area (Å²) >= 11 is 9.05. The number of amides is 2. The van der Waals surface area contributed by atoms with Gasteiger partial charge in [-0.25, -0.2) is 0 Å². The zero-order valence-corrected chi connectivity index (χ0v) is 11.1. The molecule has 92 valence electrons. The van der Waals surface area contributed by atoms with E-state index in [9.17, 15) is 9.59 Å². The van der Waals surface area contributed by atoms with E-state index in [4.69, 9.17) is 17.3 Å². The van der Waals surface area contributed by atoms with Crippen LogP contribution in [0.3, 0.4) is 0 Å². The third kappa shape index (κ3) is 4.72. The molecule has 0 saturated heterocycles. The predicted molar refractivity (Wildman–Crippen MR) is 69.8 cm³/mol. The van der Waals surface area contributed by atoms with E-state index >= 15 is 0 Å². The van der Waals surface area contributed by atoms with E-state index in [2.05, 4.69) is 26.6 Å². The summed E-state index contributed by atoms with van der Waals surface area (Å²) in [5, 5.41) is 5.53. The van der Waals surface area contributed by atoms with Crippen LogP contribution in [0.4, 0.5) is 5.69 Å². The van der Waals surface area contributed by atoms with E-state index in [-0.39, 0.29) is 24.9 Å². The molecule has 17 heavy (non-hydrogen) atoms. The van der Waals surface area contributed by atoms with Crippen LogP contribution >= 0.6 is 27.5 Å². The maximum atomic E-state index is 11.4. The third-order valence-corrected chi connectivity index (χ3v) is 3.05. The van der Waals surface area contributed by atoms with E-state index in [0.29, 0.717) is 15.2 Å². The van der Waals surface area contributed by atoms with Crippen molar-refractivity contribution in [2.75, 3.05) is 18.4 Å². The lowest BCUT2D eigenvalue weighted by Gasteiger charge is -2.07. The van der Waals surface area contributed by atoms with Crippen molar-refractivity contribution in [2.24, 2.45) is 5.73 Å². The molecule has 7 heteroatoms. The Balaban J connectivity index is 2.50. The third-order valence-electron chi connectivity index (χ3n) is 1.83. The van der Waals surface area contributed by atoms with Gasteiger partial charge in [-0.15, -0.1) is 0 Å². The maximum Gasteiger partial charge on any atom is 0.243 e. The summed E-state index contributed by atoms with van der Waals surface area (Å²) < 4.78 is 0.683. The summed E-state index contributed by atoms with van der Waals surface area (Å²) in [5.74, 6) is -0.710. The minimum absolute atomic E-state index is 0.115. The largest absolute Gasteiger partial charge is 0.346 e. The second-order valence-electron chi connectivity index (χ2n) is 3.16. The number of halogens is 2. The number of hydrogen-bond acceptors (Lipinski definition) is 3. The van der Waals surface area contributed by atoms with Crippen molar-refractivity contribution in [3.8, 4) is 0 Å². The van der Waals surface area contributed by atoms with Gasteiger partial charge in [0.05, 0.1) is 18.1 Å². The molecular formula is C10H11BrClN3O2. The van der Waals surface area contributed by atoms with Crippen LogP contribution in [-0.4, -0.2) is 24.9 Å². The molecule has 0 aliphatic rings. The predicted octanol–water partition coefficient (Wildman–Crippen LogP) is 1.12. The van der Waals surface area contributed by atoms with Crippen LogP contribution in [0.5, 0.6) is 0 Å². The highest BCUT2D eigenvalue weighted by molar-refractivity contribution is 9.10. The molecule has 1 aromatic rings. The van der Waals surface area contributed by atoms with Crippen molar-refractivity contribution in [3.63, 3.8) is 0 Å². The van der Waals surface area contributed by atoms with Crippen LogP contribution in [0.15, 0.2) is 22.7 Å². The van der Waals surface area contributed by atoms with Gasteiger partial charge in [-0.1, -0.05) is 11.6 Å². The van der Waals surface area contributed by atoms with Gasteiger partial charge < -0.3 is 16.4 Å². The van der Waals surface area contributed by atoms with Gasteiger partial charge in [0.1, 0.15) is 0 Å². The maximum absolute atomic E-state index is 11.4. The van der Waals surface area contributed by atoms with Crippen LogP contribution in [-0.2, 0) is 9.59 Å². The topological polar surface area (TPSA) is 84.2 Å². The molecule has 0 fully saturated rings. The van der Waals surface area contributed by atoms with Gasteiger partial charge >= 0.3 is 0 Å². The van der Waals surface area contributed by atoms with E-state index in [1.165, 1.54) is 0 Å². The highest BCUT2D eigenvalue weighted by Gasteiger charge is 2.05. The van der Waals surface area contributed by atoms with Crippen molar-refractivity contribution >= 4 is 45.0 Å². The molecule has 0 aromatic heterocycles. The zero-order chi connectivity index (χ0) is 12.8. The SMILES string of the molecule is NCC(=O)NCC(=O)Nc1ccc(Cl)c(Br)c1. The smallest absolute Gasteiger partial charge is 0.243 e. The summed E-state index contributed by atoms with van der Waals surface area (Å²) in [6.45, 7) is -0.254. The van der Waals surface area contributed by atoms with Gasteiger partial charge in [-0.3, -0.25) is 9.59 Å². The minimum Gasteiger partial charge on any atom is -0.346 e. The summed E-state index contributed by atoms with van der Waals surface area (Å²) in [4.78, 5) is 22.2. The van der Waals surface area contributed by atoms with Crippen LogP contribution in [0.25, 0.3) is 0 Å². The van der Waals surface area contributed by atoms with Gasteiger partial charge in [0.2, 0.25) is 11.8 Å². The van der Waals surface area contributed by atoms with Crippen molar-refractivity contribution in [2.45, 2.75) is 0 Å². The lowest BCUT2D eigenvalue weighted by Crippen LogP contribution is -2.36. The first-order valence-corrected chi connectivity index (χ1v) is 5.91. The Morgan fingerprint density at radius 2 is 2.06 bits per heavy atom. The molecule has 1 aromatic carbocycles. The number of carbonyl (C=O) groups is 2. The lowest BCUT2D eigenvalue weighted by atomic mass is 10.3. The number of rotatable bonds is 4. The van der Waals surface area contributed by atoms with E-state index < -0.39 is 0 Å². The van der Waals surface area contributed by atoms with Crippen LogP contribution < -0.4 is 16.4 Å². The average Bonchev–Trinajstić information content (AvgIpc) is 2.31. The fourth-order valence-electron chi connectivity index (χ4n) is 1.03. The van der Waals surface area contributed by atoms with Crippen LogP contribution in [0.2, 0.25) is 5.02 Å². The molecule has 0 unspecified atom stereocenters. The first kappa shape index (κ1) is 14.0. The fourth-order valence-corrected chi connectivity index (χ4v) is 1.53. The van der Waals surface area contributed by atoms with E-state index in [1.807, 2.05) is 0 Å². The highest BCUT2D eigenvalue weighted by atomic mass is 79.9. The second kappa shape index (κ2) is 6.58. The van der Waals surface area contributed by atoms with Crippen molar-refractivity contribution in [3.05, 3.63) is 27.7 Å². The number of anilines is 1. The van der Waals surface area contributed by atoms with Gasteiger partial charge in [0.15, 0.2) is 0 Å². The lowest BCUT2D eigenvalue weighted by molar-refractivity contribution is -0.123. The molecule has 0 saturated carbocycles. The van der Waals surface area contributed by atoms with Crippen molar-refractivity contribution in [1.82, 2.24) is 5.32 Å². The Labute approximate surface area is 112 Å². The number of benzene rings is 1. The number of nitrogens with one attached hydrogen (secondary N) is 2. The van der Waals surface area contributed by atoms with Gasteiger partial charge in [0, 0.05) is 10.2 Å². The molecule has 4 N–H and O–H groups in total. The summed E-state index contributed by atoms with van der Waals surface area (Å²) in [6, 6.07) is 4.99. The molecule has 0 radical (unpaired) electrons. The molecule has 5 nitrogen and oxygen atoms in total. The molecule has 2 amide bonds. The van der Waals surface area contributed by atoms with Crippen molar-refractivity contribution in [1.29, 1.82) is 0 Å². The Hall–Kier alpha value is -1.11. The van der Waals surface area contributed by atoms with Gasteiger partial charge in [-0.2, -0.15) is 0 Å². The molecule has 1 rings (SSSR count). The van der Waals surface area contributed by atoms with Crippen molar-refractivity contribution < 1.29 is 9.59 Å². The highest BCUT2D eigenvalue weighted by Crippen LogP contribution is 2.25. The first-order valence-electron chi connectivity index (χ1n) is 4.74. The average molecular weight is 321 g/mol. The molecular weight excluding hydrogens is 309 g/mol. The second-order valence-corrected chi connectivity index (χ2v) is 4.42. The Kier molecular flexibility index (Phi) is 5.40. The molecule has 0 atom stereocenters. The van der Waals surface area contributed by atoms with Gasteiger partial charge in [-0.05, 0) is 34.1 Å². The van der Waals surface area contributed by atoms with Gasteiger partial charge in [0.25, 0.3) is 0 Å². The molecule has 0 bridgehead atoms. The number of hydrogen-bond donors (Lipinski definition) is 3. The molecule has 0 heterocycles. The molecule has 0 aliphatic heterocycles. The number of nitrogens with two attached hydrogens (primary N) is 1. The first-order chi connectivity index (χ1) is 8.02. The summed E-state index contributed by atoms with van der Waals surface area (Å²) in [5.41, 5.74) is 5.67. The van der Waals surface area contributed by atoms with E-state index in [1.54, 1.807) is 18.2 Å². The Bertz CT molecular complexity index is 440. The zero-order valence-electron chi connectivity index (χ0n) is 8.80. The molecule has 0 aliphatic carbocycles. The summed E-state index contributed by atoms with van der Waals surface area (Å²) in [6.07, 6.45) is 0. The number of carbonyl (C=O) groups excluding carboxylic acids is 2. The minimum atomic E-state index is -0.377. The fraction of sp³-hybridized carbons (Fsp3) is 0.200. The Morgan fingerprint density at radius 1 is 1.35 bits per heavy atom. The Morgan fingerprint density at radius 3 is 2.65 bits per heavy atom. The monoisotopic (exact) mass is 319 g/mol. The van der Waals surface area contributed by atoms with Crippen LogP contribution in [0.1, 0.15) is 0 Å². The summed E-state index contributed by atoms with van der Waals surface area (Å²) in [7, 11) is 0.